The van der Waals surface area contributed by atoms with Crippen LogP contribution in [-0.4, -0.2) is 25.9 Å². The number of benzene rings is 2. The van der Waals surface area contributed by atoms with E-state index in [2.05, 4.69) is 21.2 Å². The maximum atomic E-state index is 12.1. The summed E-state index contributed by atoms with van der Waals surface area (Å²) in [6.07, 6.45) is 0.268. The minimum absolute atomic E-state index is 0.0649. The van der Waals surface area contributed by atoms with E-state index in [0.717, 1.165) is 4.47 Å². The molecule has 0 aliphatic heterocycles. The van der Waals surface area contributed by atoms with Crippen LogP contribution in [-0.2, 0) is 4.79 Å². The molecule has 0 saturated heterocycles. The van der Waals surface area contributed by atoms with Gasteiger partial charge in [0.2, 0.25) is 5.91 Å². The van der Waals surface area contributed by atoms with Crippen LogP contribution < -0.4 is 14.8 Å². The van der Waals surface area contributed by atoms with Crippen LogP contribution in [0.3, 0.4) is 0 Å². The number of hydrogen-bond acceptors (Lipinski definition) is 4. The normalized spacial score (nSPS) is 10.1. The first-order valence-electron chi connectivity index (χ1n) is 7.34. The standard InChI is InChI=1S/C18H18BrNO4/c1-23-16-9-7-14(11-17(16)24-2)20-18(22)10-8-15(21)12-3-5-13(19)6-4-12/h3-7,9,11H,8,10H2,1-2H3,(H,20,22). The van der Waals surface area contributed by atoms with E-state index in [1.54, 1.807) is 49.6 Å². The molecule has 0 heterocycles. The maximum absolute atomic E-state index is 12.1. The zero-order valence-corrected chi connectivity index (χ0v) is 15.1. The van der Waals surface area contributed by atoms with Crippen molar-refractivity contribution in [1.29, 1.82) is 0 Å². The molecular weight excluding hydrogens is 374 g/mol. The zero-order valence-electron chi connectivity index (χ0n) is 13.5. The van der Waals surface area contributed by atoms with Crippen LogP contribution in [0.2, 0.25) is 0 Å². The van der Waals surface area contributed by atoms with Crippen LogP contribution >= 0.6 is 15.9 Å². The summed E-state index contributed by atoms with van der Waals surface area (Å²) in [6.45, 7) is 0. The fourth-order valence-electron chi connectivity index (χ4n) is 2.14. The van der Waals surface area contributed by atoms with Crippen molar-refractivity contribution in [3.05, 3.63) is 52.5 Å². The van der Waals surface area contributed by atoms with Gasteiger partial charge in [-0.25, -0.2) is 0 Å². The summed E-state index contributed by atoms with van der Waals surface area (Å²) in [7, 11) is 3.07. The van der Waals surface area contributed by atoms with E-state index in [4.69, 9.17) is 9.47 Å². The Morgan fingerprint density at radius 1 is 0.958 bits per heavy atom. The maximum Gasteiger partial charge on any atom is 0.224 e. The Hall–Kier alpha value is -2.34. The zero-order chi connectivity index (χ0) is 17.5. The Labute approximate surface area is 149 Å². The third kappa shape index (κ3) is 4.83. The molecule has 6 heteroatoms. The molecule has 0 aromatic heterocycles. The second-order valence-corrected chi connectivity index (χ2v) is 5.96. The van der Waals surface area contributed by atoms with Crippen LogP contribution in [0.4, 0.5) is 5.69 Å². The predicted octanol–water partition coefficient (Wildman–Crippen LogP) is 4.07. The molecule has 24 heavy (non-hydrogen) atoms. The van der Waals surface area contributed by atoms with Gasteiger partial charge in [-0.3, -0.25) is 9.59 Å². The quantitative estimate of drug-likeness (QED) is 0.722. The van der Waals surface area contributed by atoms with E-state index in [9.17, 15) is 9.59 Å². The number of rotatable bonds is 7. The van der Waals surface area contributed by atoms with Gasteiger partial charge in [0.1, 0.15) is 0 Å². The topological polar surface area (TPSA) is 64.6 Å². The number of carbonyl (C=O) groups is 2. The number of anilines is 1. The first kappa shape index (κ1) is 18.0. The van der Waals surface area contributed by atoms with Gasteiger partial charge in [-0.15, -0.1) is 0 Å². The second-order valence-electron chi connectivity index (χ2n) is 5.05. The molecule has 5 nitrogen and oxygen atoms in total. The van der Waals surface area contributed by atoms with Gasteiger partial charge in [0, 0.05) is 34.6 Å². The average Bonchev–Trinajstić information content (AvgIpc) is 2.60. The molecule has 126 valence electrons. The van der Waals surface area contributed by atoms with Gasteiger partial charge in [0.15, 0.2) is 17.3 Å². The van der Waals surface area contributed by atoms with Crippen molar-refractivity contribution in [1.82, 2.24) is 0 Å². The van der Waals surface area contributed by atoms with Crippen molar-refractivity contribution in [3.63, 3.8) is 0 Å². The van der Waals surface area contributed by atoms with Gasteiger partial charge in [0.05, 0.1) is 14.2 Å². The van der Waals surface area contributed by atoms with Crippen LogP contribution in [0.1, 0.15) is 23.2 Å². The Balaban J connectivity index is 1.91. The SMILES string of the molecule is COc1ccc(NC(=O)CCC(=O)c2ccc(Br)cc2)cc1OC. The summed E-state index contributed by atoms with van der Waals surface area (Å²) in [6, 6.07) is 12.2. The van der Waals surface area contributed by atoms with E-state index < -0.39 is 0 Å². The van der Waals surface area contributed by atoms with Crippen LogP contribution in [0.5, 0.6) is 11.5 Å². The first-order chi connectivity index (χ1) is 11.5. The van der Waals surface area contributed by atoms with Gasteiger partial charge in [-0.1, -0.05) is 28.1 Å². The monoisotopic (exact) mass is 391 g/mol. The molecule has 2 aromatic rings. The Kier molecular flexibility index (Phi) is 6.37. The number of ketones is 1. The van der Waals surface area contributed by atoms with Crippen LogP contribution in [0.25, 0.3) is 0 Å². The van der Waals surface area contributed by atoms with Crippen LogP contribution in [0, 0.1) is 0 Å². The molecule has 0 radical (unpaired) electrons. The third-order valence-corrected chi connectivity index (χ3v) is 3.94. The molecule has 0 bridgehead atoms. The molecule has 0 aliphatic rings. The molecule has 0 spiro atoms. The van der Waals surface area contributed by atoms with Crippen molar-refractivity contribution < 1.29 is 19.1 Å². The number of nitrogens with one attached hydrogen (secondary N) is 1. The number of amides is 1. The van der Waals surface area contributed by atoms with Gasteiger partial charge in [0.25, 0.3) is 0 Å². The van der Waals surface area contributed by atoms with Crippen molar-refractivity contribution in [2.75, 3.05) is 19.5 Å². The molecule has 0 aliphatic carbocycles. The number of hydrogen-bond donors (Lipinski definition) is 1. The molecule has 1 N–H and O–H groups in total. The lowest BCUT2D eigenvalue weighted by atomic mass is 10.1. The number of methoxy groups -OCH3 is 2. The average molecular weight is 392 g/mol. The van der Waals surface area contributed by atoms with E-state index in [-0.39, 0.29) is 24.5 Å². The smallest absolute Gasteiger partial charge is 0.224 e. The van der Waals surface area contributed by atoms with Crippen molar-refractivity contribution in [2.45, 2.75) is 12.8 Å². The molecule has 2 rings (SSSR count). The lowest BCUT2D eigenvalue weighted by molar-refractivity contribution is -0.116. The van der Waals surface area contributed by atoms with Crippen molar-refractivity contribution in [2.24, 2.45) is 0 Å². The van der Waals surface area contributed by atoms with Gasteiger partial charge in [-0.2, -0.15) is 0 Å². The van der Waals surface area contributed by atoms with Crippen molar-refractivity contribution >= 4 is 33.3 Å². The van der Waals surface area contributed by atoms with E-state index >= 15 is 0 Å². The Bertz CT molecular complexity index is 728. The first-order valence-corrected chi connectivity index (χ1v) is 8.13. The summed E-state index contributed by atoms with van der Waals surface area (Å²) in [4.78, 5) is 24.1. The molecular formula is C18H18BrNO4. The number of ether oxygens (including phenoxy) is 2. The molecule has 2 aromatic carbocycles. The Morgan fingerprint density at radius 2 is 1.62 bits per heavy atom. The molecule has 0 saturated carbocycles. The van der Waals surface area contributed by atoms with E-state index in [1.807, 2.05) is 0 Å². The minimum atomic E-state index is -0.229. The summed E-state index contributed by atoms with van der Waals surface area (Å²) in [5, 5.41) is 2.75. The predicted molar refractivity (Wildman–Crippen MR) is 95.9 cm³/mol. The highest BCUT2D eigenvalue weighted by molar-refractivity contribution is 9.10. The number of Topliss-reactive ketones (excluding diaryl/α,β-unsaturated/α-hetero) is 1. The lowest BCUT2D eigenvalue weighted by Crippen LogP contribution is -2.13. The summed E-state index contributed by atoms with van der Waals surface area (Å²) >= 11 is 3.32. The third-order valence-electron chi connectivity index (χ3n) is 3.41. The molecule has 1 amide bonds. The fourth-order valence-corrected chi connectivity index (χ4v) is 2.41. The molecule has 0 fully saturated rings. The van der Waals surface area contributed by atoms with Gasteiger partial charge >= 0.3 is 0 Å². The van der Waals surface area contributed by atoms with E-state index in [0.29, 0.717) is 22.7 Å². The number of halogens is 1. The second kappa shape index (κ2) is 8.49. The lowest BCUT2D eigenvalue weighted by Gasteiger charge is -2.10. The van der Waals surface area contributed by atoms with Gasteiger partial charge < -0.3 is 14.8 Å². The highest BCUT2D eigenvalue weighted by atomic mass is 79.9. The Morgan fingerprint density at radius 3 is 2.25 bits per heavy atom. The fraction of sp³-hybridized carbons (Fsp3) is 0.222. The summed E-state index contributed by atoms with van der Waals surface area (Å²) < 4.78 is 11.2. The molecule has 0 unspecified atom stereocenters. The number of carbonyl (C=O) groups excluding carboxylic acids is 2. The highest BCUT2D eigenvalue weighted by Crippen LogP contribution is 2.29. The summed E-state index contributed by atoms with van der Waals surface area (Å²) in [5.74, 6) is 0.819. The summed E-state index contributed by atoms with van der Waals surface area (Å²) in [5.41, 5.74) is 1.19. The minimum Gasteiger partial charge on any atom is -0.493 e. The highest BCUT2D eigenvalue weighted by Gasteiger charge is 2.11. The van der Waals surface area contributed by atoms with Crippen LogP contribution in [0.15, 0.2) is 46.9 Å². The van der Waals surface area contributed by atoms with Gasteiger partial charge in [-0.05, 0) is 24.3 Å². The molecule has 0 atom stereocenters. The largest absolute Gasteiger partial charge is 0.493 e. The van der Waals surface area contributed by atoms with E-state index in [1.165, 1.54) is 7.11 Å². The van der Waals surface area contributed by atoms with Crippen molar-refractivity contribution in [3.8, 4) is 11.5 Å².